The predicted octanol–water partition coefficient (Wildman–Crippen LogP) is 3.27. The average Bonchev–Trinajstić information content (AvgIpc) is 2.93. The number of aromatic nitrogens is 2. The second-order valence-electron chi connectivity index (χ2n) is 4.81. The molecule has 19 heavy (non-hydrogen) atoms. The molecule has 0 aliphatic carbocycles. The van der Waals surface area contributed by atoms with Crippen molar-refractivity contribution in [1.82, 2.24) is 14.9 Å². The molecule has 0 saturated carbocycles. The molecule has 1 N–H and O–H groups in total. The average molecular weight is 275 g/mol. The van der Waals surface area contributed by atoms with Crippen molar-refractivity contribution in [1.29, 1.82) is 0 Å². The Labute approximate surface area is 119 Å². The minimum atomic E-state index is 0.374. The van der Waals surface area contributed by atoms with E-state index in [1.165, 1.54) is 5.56 Å². The summed E-state index contributed by atoms with van der Waals surface area (Å²) in [5, 5.41) is 3.61. The molecule has 3 nitrogen and oxygen atoms in total. The van der Waals surface area contributed by atoms with E-state index in [0.717, 1.165) is 11.4 Å². The molecule has 0 bridgehead atoms. The third-order valence-electron chi connectivity index (χ3n) is 3.15. The van der Waals surface area contributed by atoms with Crippen LogP contribution in [0.5, 0.6) is 0 Å². The number of hydrogen-bond donors (Lipinski definition) is 1. The molecule has 1 aromatic carbocycles. The summed E-state index contributed by atoms with van der Waals surface area (Å²) in [6, 6.07) is 9.53. The van der Waals surface area contributed by atoms with Crippen LogP contribution in [0.3, 0.4) is 0 Å². The van der Waals surface area contributed by atoms with Crippen LogP contribution in [0.4, 0.5) is 0 Å². The molecule has 2 unspecified atom stereocenters. The Morgan fingerprint density at radius 2 is 2.00 bits per heavy atom. The first-order chi connectivity index (χ1) is 9.20. The molecule has 2 rings (SSSR count). The molecule has 0 aliphatic heterocycles. The van der Waals surface area contributed by atoms with Crippen LogP contribution in [0, 0.1) is 0 Å². The normalized spacial score (nSPS) is 14.3. The molecule has 0 saturated heterocycles. The fourth-order valence-corrected chi connectivity index (χ4v) is 2.76. The zero-order valence-electron chi connectivity index (χ0n) is 11.7. The Balaban J connectivity index is 2.02. The van der Waals surface area contributed by atoms with Crippen molar-refractivity contribution in [2.75, 3.05) is 12.0 Å². The van der Waals surface area contributed by atoms with E-state index < -0.39 is 0 Å². The number of benzene rings is 1. The van der Waals surface area contributed by atoms with Crippen LogP contribution >= 0.6 is 11.8 Å². The van der Waals surface area contributed by atoms with E-state index in [2.05, 4.69) is 54.7 Å². The van der Waals surface area contributed by atoms with Gasteiger partial charge >= 0.3 is 0 Å². The van der Waals surface area contributed by atoms with Gasteiger partial charge in [-0.25, -0.2) is 4.98 Å². The highest BCUT2D eigenvalue weighted by Gasteiger charge is 2.09. The third kappa shape index (κ3) is 3.85. The van der Waals surface area contributed by atoms with Crippen LogP contribution in [0.2, 0.25) is 0 Å². The van der Waals surface area contributed by atoms with Gasteiger partial charge in [-0.2, -0.15) is 11.8 Å². The van der Waals surface area contributed by atoms with Crippen molar-refractivity contribution in [3.8, 4) is 5.69 Å². The number of imidazole rings is 1. The fraction of sp³-hybridized carbons (Fsp3) is 0.400. The van der Waals surface area contributed by atoms with Gasteiger partial charge < -0.3 is 9.88 Å². The second-order valence-corrected chi connectivity index (χ2v) is 5.72. The summed E-state index contributed by atoms with van der Waals surface area (Å²) in [6.07, 6.45) is 7.71. The van der Waals surface area contributed by atoms with Crippen LogP contribution in [-0.4, -0.2) is 27.6 Å². The lowest BCUT2D eigenvalue weighted by Crippen LogP contribution is -2.30. The first kappa shape index (κ1) is 14.2. The van der Waals surface area contributed by atoms with Gasteiger partial charge in [0.1, 0.15) is 0 Å². The van der Waals surface area contributed by atoms with E-state index in [4.69, 9.17) is 0 Å². The van der Waals surface area contributed by atoms with Crippen LogP contribution < -0.4 is 5.32 Å². The molecule has 0 spiro atoms. The van der Waals surface area contributed by atoms with Gasteiger partial charge in [0.2, 0.25) is 0 Å². The third-order valence-corrected chi connectivity index (χ3v) is 3.98. The Morgan fingerprint density at radius 3 is 2.58 bits per heavy atom. The first-order valence-electron chi connectivity index (χ1n) is 6.54. The standard InChI is InChI=1S/C15H21N3S/c1-12(10-19-3)17-13(2)14-4-6-15(7-5-14)18-9-8-16-11-18/h4-9,11-13,17H,10H2,1-3H3. The van der Waals surface area contributed by atoms with Gasteiger partial charge in [-0.15, -0.1) is 0 Å². The summed E-state index contributed by atoms with van der Waals surface area (Å²) in [7, 11) is 0. The van der Waals surface area contributed by atoms with Gasteiger partial charge in [0.15, 0.2) is 0 Å². The molecule has 102 valence electrons. The summed E-state index contributed by atoms with van der Waals surface area (Å²) < 4.78 is 2.01. The summed E-state index contributed by atoms with van der Waals surface area (Å²) in [4.78, 5) is 4.06. The highest BCUT2D eigenvalue weighted by atomic mass is 32.2. The van der Waals surface area contributed by atoms with Crippen molar-refractivity contribution in [2.45, 2.75) is 25.9 Å². The number of nitrogens with one attached hydrogen (secondary N) is 1. The lowest BCUT2D eigenvalue weighted by molar-refractivity contribution is 0.511. The lowest BCUT2D eigenvalue weighted by Gasteiger charge is -2.20. The summed E-state index contributed by atoms with van der Waals surface area (Å²) in [5.74, 6) is 1.14. The van der Waals surface area contributed by atoms with Crippen molar-refractivity contribution in [3.05, 3.63) is 48.5 Å². The summed E-state index contributed by atoms with van der Waals surface area (Å²) >= 11 is 1.87. The molecule has 0 radical (unpaired) electrons. The molecule has 4 heteroatoms. The molecule has 0 amide bonds. The van der Waals surface area contributed by atoms with E-state index in [1.807, 2.05) is 28.9 Å². The van der Waals surface area contributed by atoms with E-state index in [1.54, 1.807) is 6.20 Å². The van der Waals surface area contributed by atoms with Crippen LogP contribution in [0.25, 0.3) is 5.69 Å². The Kier molecular flexibility index (Phi) is 5.05. The highest BCUT2D eigenvalue weighted by molar-refractivity contribution is 7.98. The summed E-state index contributed by atoms with van der Waals surface area (Å²) in [6.45, 7) is 4.44. The second kappa shape index (κ2) is 6.78. The maximum absolute atomic E-state index is 4.06. The van der Waals surface area contributed by atoms with Crippen LogP contribution in [0.1, 0.15) is 25.5 Å². The van der Waals surface area contributed by atoms with Gasteiger partial charge in [0.25, 0.3) is 0 Å². The van der Waals surface area contributed by atoms with Crippen molar-refractivity contribution < 1.29 is 0 Å². The van der Waals surface area contributed by atoms with Gasteiger partial charge in [-0.3, -0.25) is 0 Å². The first-order valence-corrected chi connectivity index (χ1v) is 7.93. The van der Waals surface area contributed by atoms with Gasteiger partial charge in [-0.1, -0.05) is 12.1 Å². The number of thioether (sulfide) groups is 1. The molecular formula is C15H21N3S. The summed E-state index contributed by atoms with van der Waals surface area (Å²) in [5.41, 5.74) is 2.46. The van der Waals surface area contributed by atoms with E-state index in [9.17, 15) is 0 Å². The topological polar surface area (TPSA) is 29.9 Å². The SMILES string of the molecule is CSCC(C)NC(C)c1ccc(-n2ccnc2)cc1. The molecule has 1 aromatic heterocycles. The van der Waals surface area contributed by atoms with Crippen molar-refractivity contribution in [2.24, 2.45) is 0 Å². The Hall–Kier alpha value is -1.26. The number of nitrogens with zero attached hydrogens (tertiary/aromatic N) is 2. The van der Waals surface area contributed by atoms with E-state index >= 15 is 0 Å². The monoisotopic (exact) mass is 275 g/mol. The van der Waals surface area contributed by atoms with E-state index in [-0.39, 0.29) is 0 Å². The van der Waals surface area contributed by atoms with Gasteiger partial charge in [0.05, 0.1) is 6.33 Å². The molecule has 0 aliphatic rings. The quantitative estimate of drug-likeness (QED) is 0.877. The molecule has 0 fully saturated rings. The highest BCUT2D eigenvalue weighted by Crippen LogP contribution is 2.16. The number of hydrogen-bond acceptors (Lipinski definition) is 3. The van der Waals surface area contributed by atoms with Gasteiger partial charge in [-0.05, 0) is 37.8 Å². The Morgan fingerprint density at radius 1 is 1.26 bits per heavy atom. The molecule has 1 heterocycles. The fourth-order valence-electron chi connectivity index (χ4n) is 2.17. The zero-order valence-corrected chi connectivity index (χ0v) is 12.5. The van der Waals surface area contributed by atoms with Crippen LogP contribution in [-0.2, 0) is 0 Å². The van der Waals surface area contributed by atoms with Gasteiger partial charge in [0, 0.05) is 35.9 Å². The minimum absolute atomic E-state index is 0.374. The van der Waals surface area contributed by atoms with E-state index in [0.29, 0.717) is 12.1 Å². The van der Waals surface area contributed by atoms with Crippen molar-refractivity contribution >= 4 is 11.8 Å². The van der Waals surface area contributed by atoms with Crippen molar-refractivity contribution in [3.63, 3.8) is 0 Å². The number of rotatable bonds is 6. The minimum Gasteiger partial charge on any atom is -0.307 e. The smallest absolute Gasteiger partial charge is 0.0991 e. The Bertz CT molecular complexity index is 479. The lowest BCUT2D eigenvalue weighted by atomic mass is 10.1. The largest absolute Gasteiger partial charge is 0.307 e. The maximum atomic E-state index is 4.06. The zero-order chi connectivity index (χ0) is 13.7. The maximum Gasteiger partial charge on any atom is 0.0991 e. The van der Waals surface area contributed by atoms with Crippen LogP contribution in [0.15, 0.2) is 43.0 Å². The molecule has 2 atom stereocenters. The molecular weight excluding hydrogens is 254 g/mol. The molecule has 2 aromatic rings. The predicted molar refractivity (Wildman–Crippen MR) is 83.0 cm³/mol.